The Morgan fingerprint density at radius 3 is 2.54 bits per heavy atom. The molecule has 1 heterocycles. The highest BCUT2D eigenvalue weighted by atomic mass is 32.2. The van der Waals surface area contributed by atoms with Gasteiger partial charge in [0.2, 0.25) is 10.0 Å². The van der Waals surface area contributed by atoms with E-state index in [-0.39, 0.29) is 16.8 Å². The minimum Gasteiger partial charge on any atom is -0.350 e. The van der Waals surface area contributed by atoms with Gasteiger partial charge in [-0.25, -0.2) is 8.42 Å². The van der Waals surface area contributed by atoms with Crippen molar-refractivity contribution in [2.24, 2.45) is 0 Å². The molecule has 0 bridgehead atoms. The van der Waals surface area contributed by atoms with Crippen molar-refractivity contribution in [2.75, 3.05) is 33.2 Å². The van der Waals surface area contributed by atoms with E-state index in [1.54, 1.807) is 18.2 Å². The molecule has 0 aromatic heterocycles. The van der Waals surface area contributed by atoms with E-state index in [2.05, 4.69) is 17.1 Å². The lowest BCUT2D eigenvalue weighted by Gasteiger charge is -2.31. The number of carbonyl (C=O) groups is 1. The molecule has 0 radical (unpaired) electrons. The predicted molar refractivity (Wildman–Crippen MR) is 104 cm³/mol. The standard InChI is InChI=1S/C19H31N3O3S/c1-4-5-6-8-16(2)20-19(23)17-9-7-10-18(15-17)26(24,25)22-13-11-21(3)12-14-22/h7,9-10,15-16H,4-6,8,11-14H2,1-3H3,(H,20,23). The number of rotatable bonds is 8. The first kappa shape index (κ1) is 20.9. The molecule has 1 aromatic rings. The van der Waals surface area contributed by atoms with Gasteiger partial charge in [0.15, 0.2) is 0 Å². The summed E-state index contributed by atoms with van der Waals surface area (Å²) in [6, 6.07) is 6.43. The van der Waals surface area contributed by atoms with Gasteiger partial charge in [0.05, 0.1) is 4.90 Å². The van der Waals surface area contributed by atoms with Gasteiger partial charge in [-0.15, -0.1) is 0 Å². The van der Waals surface area contributed by atoms with Crippen LogP contribution in [-0.2, 0) is 10.0 Å². The van der Waals surface area contributed by atoms with E-state index in [9.17, 15) is 13.2 Å². The number of nitrogens with zero attached hydrogens (tertiary/aromatic N) is 2. The maximum Gasteiger partial charge on any atom is 0.251 e. The first-order valence-corrected chi connectivity index (χ1v) is 10.9. The lowest BCUT2D eigenvalue weighted by Crippen LogP contribution is -2.47. The molecular formula is C19H31N3O3S. The van der Waals surface area contributed by atoms with Gasteiger partial charge in [0.1, 0.15) is 0 Å². The smallest absolute Gasteiger partial charge is 0.251 e. The maximum atomic E-state index is 12.8. The Morgan fingerprint density at radius 2 is 1.88 bits per heavy atom. The Labute approximate surface area is 157 Å². The van der Waals surface area contributed by atoms with Crippen LogP contribution < -0.4 is 5.32 Å². The van der Waals surface area contributed by atoms with Gasteiger partial charge in [-0.3, -0.25) is 4.79 Å². The van der Waals surface area contributed by atoms with Crippen molar-refractivity contribution in [1.82, 2.24) is 14.5 Å². The molecule has 1 aliphatic rings. The molecule has 1 aromatic carbocycles. The van der Waals surface area contributed by atoms with E-state index in [0.717, 1.165) is 25.7 Å². The minimum absolute atomic E-state index is 0.0759. The van der Waals surface area contributed by atoms with Crippen molar-refractivity contribution in [3.05, 3.63) is 29.8 Å². The van der Waals surface area contributed by atoms with Gasteiger partial charge in [0.25, 0.3) is 5.91 Å². The number of amides is 1. The summed E-state index contributed by atoms with van der Waals surface area (Å²) >= 11 is 0. The van der Waals surface area contributed by atoms with Crippen molar-refractivity contribution < 1.29 is 13.2 Å². The summed E-state index contributed by atoms with van der Waals surface area (Å²) < 4.78 is 27.2. The quantitative estimate of drug-likeness (QED) is 0.702. The lowest BCUT2D eigenvalue weighted by atomic mass is 10.1. The van der Waals surface area contributed by atoms with Crippen LogP contribution in [0, 0.1) is 0 Å². The molecule has 1 amide bonds. The van der Waals surface area contributed by atoms with Crippen LogP contribution in [0.2, 0.25) is 0 Å². The topological polar surface area (TPSA) is 69.7 Å². The number of nitrogens with one attached hydrogen (secondary N) is 1. The number of unbranched alkanes of at least 4 members (excludes halogenated alkanes) is 2. The third-order valence-electron chi connectivity index (χ3n) is 4.81. The van der Waals surface area contributed by atoms with E-state index < -0.39 is 10.0 Å². The molecule has 26 heavy (non-hydrogen) atoms. The molecule has 146 valence electrons. The summed E-state index contributed by atoms with van der Waals surface area (Å²) in [4.78, 5) is 14.8. The summed E-state index contributed by atoms with van der Waals surface area (Å²) in [7, 11) is -1.58. The number of hydrogen-bond acceptors (Lipinski definition) is 4. The zero-order valence-corrected chi connectivity index (χ0v) is 16.9. The number of sulfonamides is 1. The first-order valence-electron chi connectivity index (χ1n) is 9.44. The van der Waals surface area contributed by atoms with Gasteiger partial charge >= 0.3 is 0 Å². The fourth-order valence-corrected chi connectivity index (χ4v) is 4.52. The number of carbonyl (C=O) groups excluding carboxylic acids is 1. The molecule has 6 nitrogen and oxygen atoms in total. The van der Waals surface area contributed by atoms with E-state index in [1.165, 1.54) is 10.4 Å². The molecule has 0 spiro atoms. The Balaban J connectivity index is 2.05. The van der Waals surface area contributed by atoms with Crippen molar-refractivity contribution in [3.8, 4) is 0 Å². The van der Waals surface area contributed by atoms with Gasteiger partial charge in [-0.2, -0.15) is 4.31 Å². The average Bonchev–Trinajstić information content (AvgIpc) is 2.62. The van der Waals surface area contributed by atoms with Gasteiger partial charge in [0, 0.05) is 37.8 Å². The number of hydrogen-bond donors (Lipinski definition) is 1. The third kappa shape index (κ3) is 5.53. The van der Waals surface area contributed by atoms with Crippen LogP contribution in [0.25, 0.3) is 0 Å². The summed E-state index contributed by atoms with van der Waals surface area (Å²) in [5.74, 6) is -0.218. The molecule has 1 N–H and O–H groups in total. The SMILES string of the molecule is CCCCCC(C)NC(=O)c1cccc(S(=O)(=O)N2CCN(C)CC2)c1. The van der Waals surface area contributed by atoms with E-state index in [4.69, 9.17) is 0 Å². The van der Waals surface area contributed by atoms with Crippen molar-refractivity contribution in [1.29, 1.82) is 0 Å². The summed E-state index contributed by atoms with van der Waals surface area (Å²) in [5, 5.41) is 2.97. The Hall–Kier alpha value is -1.44. The van der Waals surface area contributed by atoms with Crippen molar-refractivity contribution >= 4 is 15.9 Å². The van der Waals surface area contributed by atoms with E-state index in [1.807, 2.05) is 14.0 Å². The second-order valence-electron chi connectivity index (χ2n) is 7.11. The monoisotopic (exact) mass is 381 g/mol. The minimum atomic E-state index is -3.56. The zero-order valence-electron chi connectivity index (χ0n) is 16.1. The van der Waals surface area contributed by atoms with Crippen LogP contribution >= 0.6 is 0 Å². The summed E-state index contributed by atoms with van der Waals surface area (Å²) in [5.41, 5.74) is 0.391. The zero-order chi connectivity index (χ0) is 19.2. The van der Waals surface area contributed by atoms with Crippen LogP contribution in [0.5, 0.6) is 0 Å². The van der Waals surface area contributed by atoms with Gasteiger partial charge < -0.3 is 10.2 Å². The molecule has 2 rings (SSSR count). The van der Waals surface area contributed by atoms with E-state index in [0.29, 0.717) is 31.7 Å². The predicted octanol–water partition coefficient (Wildman–Crippen LogP) is 2.32. The maximum absolute atomic E-state index is 12.8. The second-order valence-corrected chi connectivity index (χ2v) is 9.04. The first-order chi connectivity index (χ1) is 12.3. The molecule has 7 heteroatoms. The molecule has 1 atom stereocenters. The Kier molecular flexibility index (Phi) is 7.61. The highest BCUT2D eigenvalue weighted by Crippen LogP contribution is 2.19. The molecule has 0 aliphatic carbocycles. The fraction of sp³-hybridized carbons (Fsp3) is 0.632. The van der Waals surface area contributed by atoms with Crippen LogP contribution in [0.1, 0.15) is 49.9 Å². The fourth-order valence-electron chi connectivity index (χ4n) is 3.06. The lowest BCUT2D eigenvalue weighted by molar-refractivity contribution is 0.0937. The van der Waals surface area contributed by atoms with Crippen LogP contribution in [0.15, 0.2) is 29.2 Å². The Bertz CT molecular complexity index is 698. The normalized spacial score (nSPS) is 17.8. The number of likely N-dealkylation sites (N-methyl/N-ethyl adjacent to an activating group) is 1. The van der Waals surface area contributed by atoms with Crippen LogP contribution in [0.4, 0.5) is 0 Å². The Morgan fingerprint density at radius 1 is 1.19 bits per heavy atom. The number of benzene rings is 1. The highest BCUT2D eigenvalue weighted by Gasteiger charge is 2.28. The second kappa shape index (κ2) is 9.48. The molecular weight excluding hydrogens is 350 g/mol. The van der Waals surface area contributed by atoms with Crippen molar-refractivity contribution in [2.45, 2.75) is 50.5 Å². The molecule has 1 fully saturated rings. The van der Waals surface area contributed by atoms with E-state index >= 15 is 0 Å². The van der Waals surface area contributed by atoms with Gasteiger partial charge in [-0.05, 0) is 38.6 Å². The van der Waals surface area contributed by atoms with Crippen LogP contribution in [0.3, 0.4) is 0 Å². The number of piperazine rings is 1. The average molecular weight is 382 g/mol. The largest absolute Gasteiger partial charge is 0.350 e. The molecule has 0 saturated carbocycles. The third-order valence-corrected chi connectivity index (χ3v) is 6.71. The molecule has 1 aliphatic heterocycles. The molecule has 1 saturated heterocycles. The van der Waals surface area contributed by atoms with Gasteiger partial charge in [-0.1, -0.05) is 32.3 Å². The molecule has 1 unspecified atom stereocenters. The summed E-state index contributed by atoms with van der Waals surface area (Å²) in [6.07, 6.45) is 4.31. The highest BCUT2D eigenvalue weighted by molar-refractivity contribution is 7.89. The van der Waals surface area contributed by atoms with Crippen LogP contribution in [-0.4, -0.2) is 62.8 Å². The van der Waals surface area contributed by atoms with Crippen molar-refractivity contribution in [3.63, 3.8) is 0 Å². The summed E-state index contributed by atoms with van der Waals surface area (Å²) in [6.45, 7) is 6.52.